The lowest BCUT2D eigenvalue weighted by Gasteiger charge is -2.09. The highest BCUT2D eigenvalue weighted by Crippen LogP contribution is 2.15. The van der Waals surface area contributed by atoms with Crippen molar-refractivity contribution in [2.45, 2.75) is 59.8 Å². The molecule has 0 aliphatic carbocycles. The largest absolute Gasteiger partial charge is 0.237 e. The fourth-order valence-corrected chi connectivity index (χ4v) is 2.18. The zero-order chi connectivity index (χ0) is 15.2. The van der Waals surface area contributed by atoms with Crippen LogP contribution in [0.5, 0.6) is 0 Å². The third kappa shape index (κ3) is 8.75. The van der Waals surface area contributed by atoms with Crippen LogP contribution in [-0.4, -0.2) is 6.67 Å². The van der Waals surface area contributed by atoms with Crippen molar-refractivity contribution >= 4 is 0 Å². The zero-order valence-corrected chi connectivity index (χ0v) is 13.5. The molecule has 0 fully saturated rings. The lowest BCUT2D eigenvalue weighted by atomic mass is 9.97. The molecular weight excluding hydrogens is 247 g/mol. The number of halogens is 1. The summed E-state index contributed by atoms with van der Waals surface area (Å²) in [6.45, 7) is 8.00. The molecule has 0 bridgehead atoms. The number of hydrogen-bond acceptors (Lipinski definition) is 0. The summed E-state index contributed by atoms with van der Waals surface area (Å²) >= 11 is 0. The number of rotatable bonds is 6. The zero-order valence-electron chi connectivity index (χ0n) is 13.5. The van der Waals surface area contributed by atoms with Crippen LogP contribution in [0.15, 0.2) is 24.3 Å². The van der Waals surface area contributed by atoms with Gasteiger partial charge in [-0.05, 0) is 36.5 Å². The van der Waals surface area contributed by atoms with Gasteiger partial charge >= 0.3 is 0 Å². The summed E-state index contributed by atoms with van der Waals surface area (Å²) in [5.74, 6) is 6.06. The standard InChI is InChI=1S/C17H23F.C2H6/c1-3-6-15(2)7-4-8-16-10-12-17(13-11-16)9-5-14-18;1-2/h10-13,15H,3-4,6-8,14H2,1-2H3;1-2H3. The summed E-state index contributed by atoms with van der Waals surface area (Å²) in [5, 5.41) is 0. The van der Waals surface area contributed by atoms with E-state index in [1.807, 2.05) is 26.0 Å². The minimum atomic E-state index is -0.572. The Kier molecular flexibility index (Phi) is 11.9. The predicted molar refractivity (Wildman–Crippen MR) is 87.7 cm³/mol. The first kappa shape index (κ1) is 18.7. The van der Waals surface area contributed by atoms with Crippen molar-refractivity contribution in [1.82, 2.24) is 0 Å². The molecule has 0 spiro atoms. The second kappa shape index (κ2) is 12.7. The highest BCUT2D eigenvalue weighted by molar-refractivity contribution is 5.36. The highest BCUT2D eigenvalue weighted by Gasteiger charge is 2.00. The molecule has 0 amide bonds. The summed E-state index contributed by atoms with van der Waals surface area (Å²) in [7, 11) is 0. The van der Waals surface area contributed by atoms with E-state index in [4.69, 9.17) is 0 Å². The van der Waals surface area contributed by atoms with E-state index in [-0.39, 0.29) is 0 Å². The van der Waals surface area contributed by atoms with Crippen molar-refractivity contribution in [2.75, 3.05) is 6.67 Å². The van der Waals surface area contributed by atoms with Crippen molar-refractivity contribution in [3.8, 4) is 11.8 Å². The second-order valence-corrected chi connectivity index (χ2v) is 4.92. The molecular formula is C19H29F. The maximum absolute atomic E-state index is 11.9. The molecule has 0 heterocycles. The van der Waals surface area contributed by atoms with Crippen molar-refractivity contribution in [2.24, 2.45) is 5.92 Å². The molecule has 0 nitrogen and oxygen atoms in total. The number of benzene rings is 1. The van der Waals surface area contributed by atoms with E-state index in [0.29, 0.717) is 0 Å². The van der Waals surface area contributed by atoms with E-state index in [9.17, 15) is 4.39 Å². The van der Waals surface area contributed by atoms with Gasteiger partial charge in [-0.3, -0.25) is 0 Å². The molecule has 1 atom stereocenters. The Balaban J connectivity index is 0.00000172. The van der Waals surface area contributed by atoms with Gasteiger partial charge in [-0.1, -0.05) is 70.9 Å². The van der Waals surface area contributed by atoms with Gasteiger partial charge < -0.3 is 0 Å². The Labute approximate surface area is 124 Å². The van der Waals surface area contributed by atoms with E-state index >= 15 is 0 Å². The highest BCUT2D eigenvalue weighted by atomic mass is 19.1. The Morgan fingerprint density at radius 2 is 1.75 bits per heavy atom. The van der Waals surface area contributed by atoms with Crippen LogP contribution in [0.4, 0.5) is 4.39 Å². The van der Waals surface area contributed by atoms with Crippen LogP contribution >= 0.6 is 0 Å². The van der Waals surface area contributed by atoms with Gasteiger partial charge in [-0.15, -0.1) is 0 Å². The lowest BCUT2D eigenvalue weighted by Crippen LogP contribution is -1.95. The monoisotopic (exact) mass is 276 g/mol. The number of alkyl halides is 1. The Hall–Kier alpha value is -1.29. The lowest BCUT2D eigenvalue weighted by molar-refractivity contribution is 0.469. The molecule has 20 heavy (non-hydrogen) atoms. The van der Waals surface area contributed by atoms with Gasteiger partial charge in [-0.2, -0.15) is 0 Å². The number of hydrogen-bond donors (Lipinski definition) is 0. The van der Waals surface area contributed by atoms with Crippen molar-refractivity contribution in [3.05, 3.63) is 35.4 Å². The fourth-order valence-electron chi connectivity index (χ4n) is 2.18. The Bertz CT molecular complexity index is 380. The normalized spacial score (nSPS) is 10.8. The third-order valence-corrected chi connectivity index (χ3v) is 3.20. The van der Waals surface area contributed by atoms with E-state index < -0.39 is 6.67 Å². The molecule has 1 unspecified atom stereocenters. The first-order chi connectivity index (χ1) is 9.76. The van der Waals surface area contributed by atoms with E-state index in [2.05, 4.69) is 37.8 Å². The average Bonchev–Trinajstić information content (AvgIpc) is 2.49. The molecule has 0 aliphatic heterocycles. The van der Waals surface area contributed by atoms with Crippen LogP contribution < -0.4 is 0 Å². The van der Waals surface area contributed by atoms with Gasteiger partial charge in [0.15, 0.2) is 6.67 Å². The molecule has 0 saturated heterocycles. The third-order valence-electron chi connectivity index (χ3n) is 3.20. The maximum atomic E-state index is 11.9. The first-order valence-electron chi connectivity index (χ1n) is 7.90. The van der Waals surface area contributed by atoms with E-state index in [1.165, 1.54) is 31.2 Å². The van der Waals surface area contributed by atoms with Crippen LogP contribution in [0.3, 0.4) is 0 Å². The molecule has 0 N–H and O–H groups in total. The van der Waals surface area contributed by atoms with Gasteiger partial charge in [-0.25, -0.2) is 4.39 Å². The first-order valence-corrected chi connectivity index (χ1v) is 7.90. The summed E-state index contributed by atoms with van der Waals surface area (Å²) in [6.07, 6.45) is 6.29. The maximum Gasteiger partial charge on any atom is 0.150 e. The van der Waals surface area contributed by atoms with Crippen LogP contribution in [0.1, 0.15) is 64.5 Å². The van der Waals surface area contributed by atoms with Crippen LogP contribution in [0, 0.1) is 17.8 Å². The van der Waals surface area contributed by atoms with E-state index in [0.717, 1.165) is 17.9 Å². The summed E-state index contributed by atoms with van der Waals surface area (Å²) in [4.78, 5) is 0. The molecule has 1 rings (SSSR count). The average molecular weight is 276 g/mol. The summed E-state index contributed by atoms with van der Waals surface area (Å²) in [5.41, 5.74) is 2.25. The van der Waals surface area contributed by atoms with Crippen molar-refractivity contribution in [1.29, 1.82) is 0 Å². The summed E-state index contributed by atoms with van der Waals surface area (Å²) < 4.78 is 11.9. The van der Waals surface area contributed by atoms with E-state index in [1.54, 1.807) is 0 Å². The SMILES string of the molecule is CC.CCCC(C)CCCc1ccc(C#CCF)cc1. The fraction of sp³-hybridized carbons (Fsp3) is 0.579. The van der Waals surface area contributed by atoms with Crippen LogP contribution in [0.2, 0.25) is 0 Å². The minimum Gasteiger partial charge on any atom is -0.237 e. The molecule has 0 aliphatic rings. The molecule has 0 radical (unpaired) electrons. The molecule has 112 valence electrons. The Morgan fingerprint density at radius 1 is 1.10 bits per heavy atom. The van der Waals surface area contributed by atoms with Crippen molar-refractivity contribution < 1.29 is 4.39 Å². The quantitative estimate of drug-likeness (QED) is 0.577. The minimum absolute atomic E-state index is 0.572. The van der Waals surface area contributed by atoms with Gasteiger partial charge in [0.25, 0.3) is 0 Å². The van der Waals surface area contributed by atoms with Gasteiger partial charge in [0.2, 0.25) is 0 Å². The van der Waals surface area contributed by atoms with Crippen LogP contribution in [0.25, 0.3) is 0 Å². The number of aryl methyl sites for hydroxylation is 1. The molecule has 0 aromatic heterocycles. The van der Waals surface area contributed by atoms with Gasteiger partial charge in [0.1, 0.15) is 0 Å². The van der Waals surface area contributed by atoms with Gasteiger partial charge in [0, 0.05) is 5.56 Å². The predicted octanol–water partition coefficient (Wildman–Crippen LogP) is 5.79. The van der Waals surface area contributed by atoms with Gasteiger partial charge in [0.05, 0.1) is 0 Å². The molecule has 0 saturated carbocycles. The molecule has 1 heteroatoms. The topological polar surface area (TPSA) is 0 Å². The second-order valence-electron chi connectivity index (χ2n) is 4.92. The van der Waals surface area contributed by atoms with Crippen molar-refractivity contribution in [3.63, 3.8) is 0 Å². The molecule has 1 aromatic rings. The van der Waals surface area contributed by atoms with Crippen LogP contribution in [-0.2, 0) is 6.42 Å². The Morgan fingerprint density at radius 3 is 2.30 bits per heavy atom. The molecule has 1 aromatic carbocycles. The summed E-state index contributed by atoms with van der Waals surface area (Å²) in [6, 6.07) is 8.17. The smallest absolute Gasteiger partial charge is 0.150 e.